The molecule has 4 aromatic rings. The molecule has 21 nitrogen and oxygen atoms in total. The van der Waals surface area contributed by atoms with E-state index in [9.17, 15) is 50.9 Å². The van der Waals surface area contributed by atoms with Crippen molar-refractivity contribution in [2.45, 2.75) is 31.2 Å². The van der Waals surface area contributed by atoms with E-state index in [1.165, 1.54) is 27.2 Å². The monoisotopic (exact) mass is 881 g/mol. The number of nitrogens with zero attached hydrogens (tertiary/aromatic N) is 5. The fraction of sp³-hybridized carbons (Fsp3) is 0.258. The number of hydrogen-bond donors (Lipinski definition) is 3. The van der Waals surface area contributed by atoms with Gasteiger partial charge >= 0.3 is 30.1 Å². The van der Waals surface area contributed by atoms with Gasteiger partial charge in [0.2, 0.25) is 17.7 Å². The third-order valence-electron chi connectivity index (χ3n) is 6.74. The summed E-state index contributed by atoms with van der Waals surface area (Å²) in [5.41, 5.74) is -2.95. The highest BCUT2D eigenvalue weighted by atomic mass is 35.5. The van der Waals surface area contributed by atoms with Crippen LogP contribution in [0, 0.1) is 10.1 Å². The average molecular weight is 883 g/mol. The second-order valence-electron chi connectivity index (χ2n) is 10.7. The highest BCUT2D eigenvalue weighted by Crippen LogP contribution is 2.37. The largest absolute Gasteiger partial charge is 0.481 e. The molecule has 3 N–H and O–H groups in total. The molecule has 27 heteroatoms. The zero-order chi connectivity index (χ0) is 43.7. The van der Waals surface area contributed by atoms with Gasteiger partial charge in [0, 0.05) is 19.2 Å². The summed E-state index contributed by atoms with van der Waals surface area (Å²) in [7, 11) is -0.858. The van der Waals surface area contributed by atoms with Crippen molar-refractivity contribution in [3.63, 3.8) is 0 Å². The Morgan fingerprint density at radius 2 is 1.66 bits per heavy atom. The molecule has 0 aliphatic heterocycles. The Morgan fingerprint density at radius 3 is 2.17 bits per heavy atom. The quantitative estimate of drug-likeness (QED) is 0.0877. The molecule has 0 saturated heterocycles. The molecule has 2 heterocycles. The molecule has 2 aromatic carbocycles. The van der Waals surface area contributed by atoms with Crippen LogP contribution in [0.4, 0.5) is 29.6 Å². The SMILES string of the molecule is CCOC(=O)C(C)OC(=O)c1cc(Oc2ccc(C(F)(F)F)cc2Cl)ccc1[N+](=O)[O-].COc1cc(OC)nc(NC(=O)NS(=O)(=O)c2c(C(=O)O)c(Cl)nn2C)n1. The van der Waals surface area contributed by atoms with E-state index in [0.29, 0.717) is 10.7 Å². The molecule has 58 heavy (non-hydrogen) atoms. The number of rotatable bonds is 13. The number of nitro benzene ring substituents is 1. The van der Waals surface area contributed by atoms with Gasteiger partial charge in [0.15, 0.2) is 16.3 Å². The van der Waals surface area contributed by atoms with Crippen molar-refractivity contribution in [2.75, 3.05) is 26.1 Å². The highest BCUT2D eigenvalue weighted by Gasteiger charge is 2.33. The number of hydrogen-bond acceptors (Lipinski definition) is 16. The third-order valence-corrected chi connectivity index (χ3v) is 8.74. The van der Waals surface area contributed by atoms with Crippen LogP contribution in [0.15, 0.2) is 47.5 Å². The lowest BCUT2D eigenvalue weighted by Gasteiger charge is -2.13. The van der Waals surface area contributed by atoms with Gasteiger partial charge < -0.3 is 28.8 Å². The van der Waals surface area contributed by atoms with E-state index in [1.807, 2.05) is 0 Å². The van der Waals surface area contributed by atoms with E-state index in [1.54, 1.807) is 11.6 Å². The number of aromatic carboxylic acids is 1. The van der Waals surface area contributed by atoms with Crippen molar-refractivity contribution >= 4 is 68.8 Å². The van der Waals surface area contributed by atoms with Crippen LogP contribution in [0.2, 0.25) is 10.2 Å². The summed E-state index contributed by atoms with van der Waals surface area (Å²) in [6.45, 7) is 2.81. The van der Waals surface area contributed by atoms with Gasteiger partial charge in [-0.1, -0.05) is 23.2 Å². The summed E-state index contributed by atoms with van der Waals surface area (Å²) in [4.78, 5) is 65.3. The number of sulfonamides is 1. The average Bonchev–Trinajstić information content (AvgIpc) is 3.45. The Balaban J connectivity index is 0.000000313. The van der Waals surface area contributed by atoms with Gasteiger partial charge in [-0.2, -0.15) is 36.7 Å². The number of aromatic nitrogens is 4. The van der Waals surface area contributed by atoms with Crippen LogP contribution < -0.4 is 24.2 Å². The van der Waals surface area contributed by atoms with Gasteiger partial charge in [-0.3, -0.25) is 20.1 Å². The number of benzene rings is 2. The van der Waals surface area contributed by atoms with Crippen molar-refractivity contribution in [2.24, 2.45) is 7.05 Å². The van der Waals surface area contributed by atoms with Crippen molar-refractivity contribution in [3.8, 4) is 23.3 Å². The van der Waals surface area contributed by atoms with Crippen LogP contribution in [0.1, 0.15) is 40.1 Å². The molecule has 0 bridgehead atoms. The smallest absolute Gasteiger partial charge is 0.416 e. The molecule has 0 fully saturated rings. The number of carbonyl (C=O) groups excluding carboxylic acids is 3. The number of anilines is 1. The number of esters is 2. The van der Waals surface area contributed by atoms with E-state index >= 15 is 0 Å². The Morgan fingerprint density at radius 1 is 1.03 bits per heavy atom. The molecule has 1 unspecified atom stereocenters. The Hall–Kier alpha value is -6.47. The van der Waals surface area contributed by atoms with Gasteiger partial charge in [0.05, 0.1) is 42.4 Å². The molecule has 0 saturated carbocycles. The molecular formula is C31H28Cl2F3N7O14S. The van der Waals surface area contributed by atoms with Crippen LogP contribution in [0.3, 0.4) is 0 Å². The minimum absolute atomic E-state index is 0.0398. The van der Waals surface area contributed by atoms with E-state index in [4.69, 9.17) is 52.0 Å². The fourth-order valence-electron chi connectivity index (χ4n) is 4.25. The van der Waals surface area contributed by atoms with E-state index < -0.39 is 83.7 Å². The van der Waals surface area contributed by atoms with Gasteiger partial charge in [-0.05, 0) is 38.1 Å². The number of carboxylic acids is 1. The maximum atomic E-state index is 12.8. The zero-order valence-electron chi connectivity index (χ0n) is 30.1. The van der Waals surface area contributed by atoms with Gasteiger partial charge in [0.1, 0.15) is 22.6 Å². The topological polar surface area (TPSA) is 280 Å². The maximum absolute atomic E-state index is 12.8. The fourth-order valence-corrected chi connectivity index (χ4v) is 6.04. The Bertz CT molecular complexity index is 2320. The molecule has 0 aliphatic rings. The number of nitrogens with one attached hydrogen (secondary N) is 2. The van der Waals surface area contributed by atoms with Crippen LogP contribution in [-0.4, -0.2) is 89.1 Å². The van der Waals surface area contributed by atoms with Crippen LogP contribution in [-0.2, 0) is 37.5 Å². The van der Waals surface area contributed by atoms with Gasteiger partial charge in [0.25, 0.3) is 15.7 Å². The summed E-state index contributed by atoms with van der Waals surface area (Å²) in [5, 5.41) is 24.2. The summed E-state index contributed by atoms with van der Waals surface area (Å²) < 4.78 is 90.1. The number of methoxy groups -OCH3 is 2. The number of ether oxygens (including phenoxy) is 5. The number of urea groups is 1. The maximum Gasteiger partial charge on any atom is 0.416 e. The first-order valence-corrected chi connectivity index (χ1v) is 17.7. The lowest BCUT2D eigenvalue weighted by molar-refractivity contribution is -0.385. The lowest BCUT2D eigenvalue weighted by atomic mass is 10.1. The number of halogens is 5. The predicted molar refractivity (Wildman–Crippen MR) is 191 cm³/mol. The second-order valence-corrected chi connectivity index (χ2v) is 13.1. The predicted octanol–water partition coefficient (Wildman–Crippen LogP) is 5.26. The molecule has 2 aromatic heterocycles. The normalized spacial score (nSPS) is 11.6. The van der Waals surface area contributed by atoms with E-state index in [0.717, 1.165) is 37.4 Å². The summed E-state index contributed by atoms with van der Waals surface area (Å²) in [5.74, 6) is -4.21. The Kier molecular flexibility index (Phi) is 15.1. The number of carbonyl (C=O) groups is 4. The number of alkyl halides is 3. The summed E-state index contributed by atoms with van der Waals surface area (Å²) >= 11 is 11.5. The lowest BCUT2D eigenvalue weighted by Crippen LogP contribution is -2.36. The molecule has 312 valence electrons. The molecule has 4 rings (SSSR count). The molecule has 0 aliphatic carbocycles. The standard InChI is InChI=1S/C19H15ClF3NO7.C12H13ClN6O7S/c1-3-29-17(25)10(2)30-18(26)13-9-12(5-6-15(13)24(27)28)31-16-7-4-11(8-14(16)20)19(21,22)23;1-19-9(7(10(20)21)8(13)17-19)27(23,24)18-12(22)16-11-14-5(25-2)4-6(15-11)26-3/h4-10H,3H2,1-2H3;4H,1-3H3,(H,20,21)(H2,14,15,16,18,22). The molecule has 0 spiro atoms. The Labute approximate surface area is 334 Å². The summed E-state index contributed by atoms with van der Waals surface area (Å²) in [6, 6.07) is 5.44. The molecule has 1 atom stereocenters. The van der Waals surface area contributed by atoms with Gasteiger partial charge in [-0.15, -0.1) is 0 Å². The van der Waals surface area contributed by atoms with Crippen molar-refractivity contribution in [1.29, 1.82) is 0 Å². The molecule has 2 amide bonds. The minimum atomic E-state index is -4.64. The number of aryl methyl sites for hydroxylation is 1. The second kappa shape index (κ2) is 19.1. The van der Waals surface area contributed by atoms with E-state index in [-0.39, 0.29) is 40.8 Å². The minimum Gasteiger partial charge on any atom is -0.481 e. The number of amides is 2. The van der Waals surface area contributed by atoms with E-state index in [2.05, 4.69) is 20.4 Å². The third kappa shape index (κ3) is 11.8. The molecule has 0 radical (unpaired) electrons. The highest BCUT2D eigenvalue weighted by molar-refractivity contribution is 7.90. The summed E-state index contributed by atoms with van der Waals surface area (Å²) in [6.07, 6.45) is -5.94. The van der Waals surface area contributed by atoms with Crippen molar-refractivity contribution in [3.05, 3.63) is 79.4 Å². The van der Waals surface area contributed by atoms with Crippen LogP contribution in [0.25, 0.3) is 0 Å². The number of carboxylic acid groups (broad SMARTS) is 1. The first kappa shape index (κ1) is 45.9. The number of nitro groups is 1. The first-order chi connectivity index (χ1) is 27.0. The molecular weight excluding hydrogens is 854 g/mol. The zero-order valence-corrected chi connectivity index (χ0v) is 32.4. The van der Waals surface area contributed by atoms with Crippen LogP contribution >= 0.6 is 23.2 Å². The van der Waals surface area contributed by atoms with Crippen LogP contribution in [0.5, 0.6) is 23.3 Å². The van der Waals surface area contributed by atoms with Crippen molar-refractivity contribution in [1.82, 2.24) is 24.5 Å². The first-order valence-electron chi connectivity index (χ1n) is 15.5. The van der Waals surface area contributed by atoms with Gasteiger partial charge in [-0.25, -0.2) is 23.9 Å². The van der Waals surface area contributed by atoms with Crippen molar-refractivity contribution < 1.29 is 74.5 Å².